The van der Waals surface area contributed by atoms with Gasteiger partial charge in [-0.1, -0.05) is 57.9 Å². The molecule has 0 bridgehead atoms. The molecule has 1 nitrogen and oxygen atoms in total. The van der Waals surface area contributed by atoms with Crippen LogP contribution >= 0.6 is 27.5 Å². The SMILES string of the molecule is C[C@H](NC(c1ccc(Cl)cc1)C1CC1)c1ccccc1Br. The fraction of sp³-hybridized carbons (Fsp3) is 0.333. The summed E-state index contributed by atoms with van der Waals surface area (Å²) in [7, 11) is 0. The Morgan fingerprint density at radius 2 is 1.76 bits per heavy atom. The summed E-state index contributed by atoms with van der Waals surface area (Å²) < 4.78 is 1.16. The summed E-state index contributed by atoms with van der Waals surface area (Å²) in [5.74, 6) is 0.746. The van der Waals surface area contributed by atoms with Crippen molar-refractivity contribution < 1.29 is 0 Å². The van der Waals surface area contributed by atoms with Crippen LogP contribution in [0.25, 0.3) is 0 Å². The third kappa shape index (κ3) is 3.68. The normalized spacial score (nSPS) is 17.5. The van der Waals surface area contributed by atoms with Gasteiger partial charge in [0.1, 0.15) is 0 Å². The van der Waals surface area contributed by atoms with E-state index in [0.717, 1.165) is 15.4 Å². The minimum Gasteiger partial charge on any atom is -0.303 e. The van der Waals surface area contributed by atoms with Gasteiger partial charge in [0, 0.05) is 21.6 Å². The van der Waals surface area contributed by atoms with E-state index in [0.29, 0.717) is 12.1 Å². The number of benzene rings is 2. The topological polar surface area (TPSA) is 12.0 Å². The van der Waals surface area contributed by atoms with Crippen molar-refractivity contribution in [3.8, 4) is 0 Å². The Hall–Kier alpha value is -0.830. The van der Waals surface area contributed by atoms with Gasteiger partial charge in [-0.2, -0.15) is 0 Å². The lowest BCUT2D eigenvalue weighted by Gasteiger charge is -2.25. The van der Waals surface area contributed by atoms with Gasteiger partial charge in [-0.05, 0) is 55.0 Å². The van der Waals surface area contributed by atoms with Crippen LogP contribution in [0.2, 0.25) is 5.02 Å². The molecule has 0 heterocycles. The minimum absolute atomic E-state index is 0.307. The molecule has 1 fully saturated rings. The van der Waals surface area contributed by atoms with Gasteiger partial charge in [-0.15, -0.1) is 0 Å². The largest absolute Gasteiger partial charge is 0.303 e. The maximum absolute atomic E-state index is 6.01. The van der Waals surface area contributed by atoms with Gasteiger partial charge >= 0.3 is 0 Å². The van der Waals surface area contributed by atoms with Crippen molar-refractivity contribution in [2.75, 3.05) is 0 Å². The lowest BCUT2D eigenvalue weighted by Crippen LogP contribution is -2.26. The van der Waals surface area contributed by atoms with E-state index in [1.54, 1.807) is 0 Å². The predicted octanol–water partition coefficient (Wildman–Crippen LogP) is 5.90. The highest BCUT2D eigenvalue weighted by atomic mass is 79.9. The molecular weight excluding hydrogens is 346 g/mol. The second kappa shape index (κ2) is 6.51. The van der Waals surface area contributed by atoms with E-state index < -0.39 is 0 Å². The van der Waals surface area contributed by atoms with E-state index in [4.69, 9.17) is 11.6 Å². The summed E-state index contributed by atoms with van der Waals surface area (Å²) >= 11 is 9.66. The summed E-state index contributed by atoms with van der Waals surface area (Å²) in [5, 5.41) is 4.60. The second-order valence-corrected chi connectivity index (χ2v) is 7.07. The Labute approximate surface area is 139 Å². The van der Waals surface area contributed by atoms with Crippen molar-refractivity contribution >= 4 is 27.5 Å². The molecule has 1 N–H and O–H groups in total. The molecule has 1 aliphatic carbocycles. The third-order valence-corrected chi connectivity index (χ3v) is 5.10. The fourth-order valence-electron chi connectivity index (χ4n) is 2.79. The molecule has 1 unspecified atom stereocenters. The van der Waals surface area contributed by atoms with Crippen molar-refractivity contribution in [3.63, 3.8) is 0 Å². The standard InChI is InChI=1S/C18H19BrClN/c1-12(16-4-2-3-5-17(16)19)21-18(13-6-7-13)14-8-10-15(20)11-9-14/h2-5,8-13,18,21H,6-7H2,1H3/t12-,18?/m0/s1. The van der Waals surface area contributed by atoms with Crippen molar-refractivity contribution in [2.45, 2.75) is 31.8 Å². The van der Waals surface area contributed by atoms with Crippen LogP contribution in [0, 0.1) is 5.92 Å². The van der Waals surface area contributed by atoms with Gasteiger partial charge in [0.15, 0.2) is 0 Å². The van der Waals surface area contributed by atoms with Crippen molar-refractivity contribution in [3.05, 3.63) is 69.2 Å². The van der Waals surface area contributed by atoms with Gasteiger partial charge < -0.3 is 5.32 Å². The Kier molecular flexibility index (Phi) is 4.68. The molecule has 0 aliphatic heterocycles. The fourth-order valence-corrected chi connectivity index (χ4v) is 3.54. The molecule has 0 radical (unpaired) electrons. The van der Waals surface area contributed by atoms with Crippen LogP contribution < -0.4 is 5.32 Å². The van der Waals surface area contributed by atoms with Crippen molar-refractivity contribution in [1.82, 2.24) is 5.32 Å². The molecule has 0 amide bonds. The van der Waals surface area contributed by atoms with Crippen LogP contribution in [0.1, 0.15) is 43.0 Å². The van der Waals surface area contributed by atoms with E-state index in [1.165, 1.54) is 24.0 Å². The smallest absolute Gasteiger partial charge is 0.0406 e. The van der Waals surface area contributed by atoms with Crippen LogP contribution in [0.15, 0.2) is 53.0 Å². The quantitative estimate of drug-likeness (QED) is 0.696. The zero-order chi connectivity index (χ0) is 14.8. The minimum atomic E-state index is 0.307. The molecule has 2 atom stereocenters. The number of halogens is 2. The average molecular weight is 365 g/mol. The number of hydrogen-bond donors (Lipinski definition) is 1. The Bertz CT molecular complexity index is 607. The lowest BCUT2D eigenvalue weighted by molar-refractivity contribution is 0.427. The molecule has 1 aliphatic rings. The molecule has 3 heteroatoms. The average Bonchev–Trinajstić information content (AvgIpc) is 3.31. The molecule has 21 heavy (non-hydrogen) atoms. The van der Waals surface area contributed by atoms with E-state index in [9.17, 15) is 0 Å². The van der Waals surface area contributed by atoms with Gasteiger partial charge in [0.25, 0.3) is 0 Å². The van der Waals surface area contributed by atoms with E-state index in [1.807, 2.05) is 12.1 Å². The summed E-state index contributed by atoms with van der Waals surface area (Å²) in [6.07, 6.45) is 2.62. The van der Waals surface area contributed by atoms with E-state index in [2.05, 4.69) is 64.6 Å². The number of rotatable bonds is 5. The molecule has 0 spiro atoms. The van der Waals surface area contributed by atoms with Crippen molar-refractivity contribution in [2.24, 2.45) is 5.92 Å². The maximum atomic E-state index is 6.01. The molecule has 1 saturated carbocycles. The first kappa shape index (κ1) is 15.1. The Morgan fingerprint density at radius 1 is 1.10 bits per heavy atom. The van der Waals surface area contributed by atoms with Crippen LogP contribution in [-0.4, -0.2) is 0 Å². The predicted molar refractivity (Wildman–Crippen MR) is 92.6 cm³/mol. The second-order valence-electron chi connectivity index (χ2n) is 5.78. The highest BCUT2D eigenvalue weighted by Gasteiger charge is 2.33. The maximum Gasteiger partial charge on any atom is 0.0406 e. The molecule has 3 rings (SSSR count). The summed E-state index contributed by atoms with van der Waals surface area (Å²) in [5.41, 5.74) is 2.64. The zero-order valence-electron chi connectivity index (χ0n) is 12.0. The molecule has 110 valence electrons. The van der Waals surface area contributed by atoms with Crippen molar-refractivity contribution in [1.29, 1.82) is 0 Å². The van der Waals surface area contributed by atoms with Gasteiger partial charge in [0.2, 0.25) is 0 Å². The molecular formula is C18H19BrClN. The summed E-state index contributed by atoms with van der Waals surface area (Å²) in [4.78, 5) is 0. The van der Waals surface area contributed by atoms with E-state index >= 15 is 0 Å². The monoisotopic (exact) mass is 363 g/mol. The third-order valence-electron chi connectivity index (χ3n) is 4.12. The molecule has 0 aromatic heterocycles. The number of hydrogen-bond acceptors (Lipinski definition) is 1. The van der Waals surface area contributed by atoms with Gasteiger partial charge in [0.05, 0.1) is 0 Å². The Morgan fingerprint density at radius 3 is 2.38 bits per heavy atom. The summed E-state index contributed by atoms with van der Waals surface area (Å²) in [6, 6.07) is 17.4. The van der Waals surface area contributed by atoms with Crippen LogP contribution in [0.5, 0.6) is 0 Å². The van der Waals surface area contributed by atoms with Crippen LogP contribution in [-0.2, 0) is 0 Å². The number of nitrogens with one attached hydrogen (secondary N) is 1. The molecule has 2 aromatic rings. The van der Waals surface area contributed by atoms with Crippen LogP contribution in [0.4, 0.5) is 0 Å². The lowest BCUT2D eigenvalue weighted by atomic mass is 9.99. The van der Waals surface area contributed by atoms with Gasteiger partial charge in [-0.3, -0.25) is 0 Å². The molecule has 2 aromatic carbocycles. The highest BCUT2D eigenvalue weighted by Crippen LogP contribution is 2.42. The first-order valence-corrected chi connectivity index (χ1v) is 8.58. The highest BCUT2D eigenvalue weighted by molar-refractivity contribution is 9.10. The summed E-state index contributed by atoms with van der Waals surface area (Å²) in [6.45, 7) is 2.23. The Balaban J connectivity index is 1.79. The first-order chi connectivity index (χ1) is 10.1. The first-order valence-electron chi connectivity index (χ1n) is 7.41. The van der Waals surface area contributed by atoms with E-state index in [-0.39, 0.29) is 0 Å². The molecule has 0 saturated heterocycles. The van der Waals surface area contributed by atoms with Gasteiger partial charge in [-0.25, -0.2) is 0 Å². The zero-order valence-corrected chi connectivity index (χ0v) is 14.4. The van der Waals surface area contributed by atoms with Crippen LogP contribution in [0.3, 0.4) is 0 Å².